The van der Waals surface area contributed by atoms with Gasteiger partial charge in [-0.1, -0.05) is 0 Å². The first-order valence-corrected chi connectivity index (χ1v) is 7.37. The van der Waals surface area contributed by atoms with E-state index in [0.717, 1.165) is 25.2 Å². The van der Waals surface area contributed by atoms with Crippen molar-refractivity contribution in [3.8, 4) is 0 Å². The molecule has 0 bridgehead atoms. The molecule has 110 valence electrons. The third-order valence-corrected chi connectivity index (χ3v) is 3.62. The Morgan fingerprint density at radius 3 is 2.90 bits per heavy atom. The molecule has 0 spiro atoms. The zero-order chi connectivity index (χ0) is 14.8. The van der Waals surface area contributed by atoms with Crippen molar-refractivity contribution >= 4 is 11.0 Å². The maximum absolute atomic E-state index is 5.96. The molecule has 1 atom stereocenters. The lowest BCUT2D eigenvalue weighted by atomic mass is 10.1. The van der Waals surface area contributed by atoms with Gasteiger partial charge in [0.05, 0.1) is 12.7 Å². The van der Waals surface area contributed by atoms with Crippen molar-refractivity contribution in [2.45, 2.75) is 39.4 Å². The summed E-state index contributed by atoms with van der Waals surface area (Å²) >= 11 is 0. The number of fused-ring (bicyclic) bond motifs is 1. The number of hydrogen-bond donors (Lipinski definition) is 1. The highest BCUT2D eigenvalue weighted by Gasteiger charge is 2.11. The van der Waals surface area contributed by atoms with Crippen molar-refractivity contribution in [1.29, 1.82) is 0 Å². The van der Waals surface area contributed by atoms with Gasteiger partial charge in [0.1, 0.15) is 5.65 Å². The smallest absolute Gasteiger partial charge is 0.140 e. The van der Waals surface area contributed by atoms with Crippen molar-refractivity contribution in [3.05, 3.63) is 48.0 Å². The largest absolute Gasteiger partial charge is 0.328 e. The highest BCUT2D eigenvalue weighted by Crippen LogP contribution is 2.21. The fourth-order valence-electron chi connectivity index (χ4n) is 2.68. The molecule has 0 fully saturated rings. The Morgan fingerprint density at radius 2 is 2.19 bits per heavy atom. The summed E-state index contributed by atoms with van der Waals surface area (Å²) in [7, 11) is 0. The maximum Gasteiger partial charge on any atom is 0.140 e. The average molecular weight is 283 g/mol. The van der Waals surface area contributed by atoms with Crippen LogP contribution in [-0.2, 0) is 19.5 Å². The summed E-state index contributed by atoms with van der Waals surface area (Å²) in [6.45, 7) is 5.79. The average Bonchev–Trinajstić information content (AvgIpc) is 3.05. The van der Waals surface area contributed by atoms with E-state index in [-0.39, 0.29) is 6.04 Å². The normalized spacial score (nSPS) is 12.9. The quantitative estimate of drug-likeness (QED) is 0.780. The summed E-state index contributed by atoms with van der Waals surface area (Å²) < 4.78 is 4.13. The summed E-state index contributed by atoms with van der Waals surface area (Å²) in [5.41, 5.74) is 9.41. The molecule has 5 nitrogen and oxygen atoms in total. The number of nitrogens with two attached hydrogens (primary N) is 1. The van der Waals surface area contributed by atoms with E-state index in [1.807, 2.05) is 30.1 Å². The molecular weight excluding hydrogens is 262 g/mol. The van der Waals surface area contributed by atoms with E-state index in [1.165, 1.54) is 16.5 Å². The van der Waals surface area contributed by atoms with Gasteiger partial charge in [0.15, 0.2) is 0 Å². The molecule has 3 rings (SSSR count). The third-order valence-electron chi connectivity index (χ3n) is 3.62. The predicted molar refractivity (Wildman–Crippen MR) is 84.1 cm³/mol. The molecule has 2 N–H and O–H groups in total. The molecule has 0 aliphatic heterocycles. The maximum atomic E-state index is 5.96. The molecule has 0 amide bonds. The van der Waals surface area contributed by atoms with Gasteiger partial charge in [-0.3, -0.25) is 4.68 Å². The van der Waals surface area contributed by atoms with Crippen LogP contribution in [0.15, 0.2) is 36.9 Å². The Morgan fingerprint density at radius 1 is 1.33 bits per heavy atom. The van der Waals surface area contributed by atoms with E-state index >= 15 is 0 Å². The highest BCUT2D eigenvalue weighted by atomic mass is 15.3. The van der Waals surface area contributed by atoms with Crippen LogP contribution >= 0.6 is 0 Å². The van der Waals surface area contributed by atoms with Crippen LogP contribution in [0.4, 0.5) is 0 Å². The topological polar surface area (TPSA) is 61.7 Å². The van der Waals surface area contributed by atoms with Crippen molar-refractivity contribution in [2.75, 3.05) is 0 Å². The van der Waals surface area contributed by atoms with Crippen LogP contribution in [0.25, 0.3) is 11.0 Å². The highest BCUT2D eigenvalue weighted by molar-refractivity contribution is 5.80. The van der Waals surface area contributed by atoms with E-state index in [0.29, 0.717) is 0 Å². The number of pyridine rings is 1. The summed E-state index contributed by atoms with van der Waals surface area (Å²) in [6.07, 6.45) is 8.88. The van der Waals surface area contributed by atoms with Crippen molar-refractivity contribution < 1.29 is 0 Å². The van der Waals surface area contributed by atoms with Gasteiger partial charge in [0.25, 0.3) is 0 Å². The van der Waals surface area contributed by atoms with Gasteiger partial charge in [-0.25, -0.2) is 4.98 Å². The number of aromatic nitrogens is 4. The molecule has 0 aromatic carbocycles. The molecule has 5 heteroatoms. The van der Waals surface area contributed by atoms with E-state index in [9.17, 15) is 0 Å². The minimum Gasteiger partial charge on any atom is -0.328 e. The van der Waals surface area contributed by atoms with Crippen molar-refractivity contribution in [1.82, 2.24) is 19.3 Å². The van der Waals surface area contributed by atoms with E-state index in [1.54, 1.807) is 0 Å². The van der Waals surface area contributed by atoms with Gasteiger partial charge >= 0.3 is 0 Å². The number of aryl methyl sites for hydroxylation is 1. The summed E-state index contributed by atoms with van der Waals surface area (Å²) in [5, 5.41) is 5.52. The fraction of sp³-hybridized carbons (Fsp3) is 0.375. The lowest BCUT2D eigenvalue weighted by Crippen LogP contribution is -2.17. The van der Waals surface area contributed by atoms with Gasteiger partial charge in [0.2, 0.25) is 0 Å². The molecule has 0 aliphatic carbocycles. The van der Waals surface area contributed by atoms with Crippen LogP contribution in [0, 0.1) is 0 Å². The van der Waals surface area contributed by atoms with Crippen molar-refractivity contribution in [2.24, 2.45) is 5.73 Å². The van der Waals surface area contributed by atoms with E-state index in [2.05, 4.69) is 40.0 Å². The van der Waals surface area contributed by atoms with Gasteiger partial charge < -0.3 is 10.3 Å². The Hall–Kier alpha value is -2.14. The van der Waals surface area contributed by atoms with Gasteiger partial charge in [-0.15, -0.1) is 0 Å². The standard InChI is InChI=1S/C16H21N5/c1-3-21-10-13(8-19-21)9-20-11-14(7-12(2)17)15-5-4-6-18-16(15)20/h4-6,8,10-12H,3,7,9,17H2,1-2H3. The Balaban J connectivity index is 1.97. The first-order valence-electron chi connectivity index (χ1n) is 7.37. The molecule has 0 aliphatic rings. The monoisotopic (exact) mass is 283 g/mol. The molecular formula is C16H21N5. The van der Waals surface area contributed by atoms with Gasteiger partial charge in [0, 0.05) is 42.1 Å². The third kappa shape index (κ3) is 2.83. The molecule has 3 aromatic rings. The second-order valence-electron chi connectivity index (χ2n) is 5.54. The lowest BCUT2D eigenvalue weighted by molar-refractivity contribution is 0.658. The summed E-state index contributed by atoms with van der Waals surface area (Å²) in [5.74, 6) is 0. The second-order valence-corrected chi connectivity index (χ2v) is 5.54. The molecule has 0 saturated carbocycles. The Kier molecular flexibility index (Phi) is 3.75. The number of rotatable bonds is 5. The van der Waals surface area contributed by atoms with Gasteiger partial charge in [-0.05, 0) is 38.0 Å². The summed E-state index contributed by atoms with van der Waals surface area (Å²) in [4.78, 5) is 4.53. The van der Waals surface area contributed by atoms with Crippen LogP contribution < -0.4 is 5.73 Å². The first-order chi connectivity index (χ1) is 10.2. The minimum atomic E-state index is 0.145. The first kappa shape index (κ1) is 13.8. The van der Waals surface area contributed by atoms with Crippen LogP contribution in [0.5, 0.6) is 0 Å². The fourth-order valence-corrected chi connectivity index (χ4v) is 2.68. The van der Waals surface area contributed by atoms with E-state index < -0.39 is 0 Å². The summed E-state index contributed by atoms with van der Waals surface area (Å²) in [6, 6.07) is 4.24. The second kappa shape index (κ2) is 5.69. The number of hydrogen-bond acceptors (Lipinski definition) is 3. The zero-order valence-electron chi connectivity index (χ0n) is 12.5. The van der Waals surface area contributed by atoms with Gasteiger partial charge in [-0.2, -0.15) is 5.10 Å². The van der Waals surface area contributed by atoms with Crippen molar-refractivity contribution in [3.63, 3.8) is 0 Å². The molecule has 0 saturated heterocycles. The molecule has 1 unspecified atom stereocenters. The molecule has 3 heterocycles. The predicted octanol–water partition coefficient (Wildman–Crippen LogP) is 2.19. The molecule has 21 heavy (non-hydrogen) atoms. The van der Waals surface area contributed by atoms with Crippen LogP contribution in [0.2, 0.25) is 0 Å². The van der Waals surface area contributed by atoms with Crippen LogP contribution in [0.1, 0.15) is 25.0 Å². The Bertz CT molecular complexity index is 738. The number of nitrogens with zero attached hydrogens (tertiary/aromatic N) is 4. The minimum absolute atomic E-state index is 0.145. The lowest BCUT2D eigenvalue weighted by Gasteiger charge is -2.02. The SMILES string of the molecule is CCn1cc(Cn2cc(CC(C)N)c3cccnc32)cn1. The Labute approximate surface area is 124 Å². The zero-order valence-corrected chi connectivity index (χ0v) is 12.5. The van der Waals surface area contributed by atoms with Crippen LogP contribution in [-0.4, -0.2) is 25.4 Å². The van der Waals surface area contributed by atoms with E-state index in [4.69, 9.17) is 5.73 Å². The molecule has 0 radical (unpaired) electrons. The molecule has 3 aromatic heterocycles. The van der Waals surface area contributed by atoms with Crippen LogP contribution in [0.3, 0.4) is 0 Å².